The van der Waals surface area contributed by atoms with Crippen molar-refractivity contribution in [2.45, 2.75) is 32.3 Å². The van der Waals surface area contributed by atoms with Crippen LogP contribution in [0.25, 0.3) is 0 Å². The van der Waals surface area contributed by atoms with Gasteiger partial charge in [0.1, 0.15) is 5.75 Å². The molecule has 5 heteroatoms. The first-order valence-corrected chi connectivity index (χ1v) is 7.99. The second-order valence-electron chi connectivity index (χ2n) is 6.04. The highest BCUT2D eigenvalue weighted by Crippen LogP contribution is 2.31. The highest BCUT2D eigenvalue weighted by molar-refractivity contribution is 6.07. The lowest BCUT2D eigenvalue weighted by atomic mass is 9.97. The van der Waals surface area contributed by atoms with Gasteiger partial charge >= 0.3 is 0 Å². The first-order valence-electron chi connectivity index (χ1n) is 7.99. The molecule has 0 aliphatic carbocycles. The molecule has 1 saturated heterocycles. The Morgan fingerprint density at radius 2 is 1.71 bits per heavy atom. The third-order valence-corrected chi connectivity index (χ3v) is 3.82. The molecule has 0 saturated carbocycles. The minimum absolute atomic E-state index is 0.0936. The Morgan fingerprint density at radius 1 is 1.04 bits per heavy atom. The maximum absolute atomic E-state index is 12.6. The lowest BCUT2D eigenvalue weighted by Crippen LogP contribution is -2.35. The Kier molecular flexibility index (Phi) is 4.51. The largest absolute Gasteiger partial charge is 0.491 e. The molecule has 1 heterocycles. The molecule has 2 aromatic carbocycles. The molecule has 1 unspecified atom stereocenters. The van der Waals surface area contributed by atoms with Gasteiger partial charge in [-0.1, -0.05) is 30.3 Å². The standard InChI is InChI=1S/C19H20N2O3/c1-13(2)24-16-10-8-14(9-11-16)17-12-18(22)21(19(17)23)20-15-6-4-3-5-7-15/h3-11,13,17,20H,12H2,1-2H3. The number of hydrazine groups is 1. The van der Waals surface area contributed by atoms with Crippen LogP contribution in [-0.4, -0.2) is 22.9 Å². The topological polar surface area (TPSA) is 58.6 Å². The van der Waals surface area contributed by atoms with Gasteiger partial charge in [-0.05, 0) is 43.7 Å². The van der Waals surface area contributed by atoms with Crippen LogP contribution in [-0.2, 0) is 9.59 Å². The Balaban J connectivity index is 1.73. The van der Waals surface area contributed by atoms with Gasteiger partial charge in [0.25, 0.3) is 5.91 Å². The summed E-state index contributed by atoms with van der Waals surface area (Å²) in [5, 5.41) is 1.11. The smallest absolute Gasteiger partial charge is 0.256 e. The first-order chi connectivity index (χ1) is 11.5. The van der Waals surface area contributed by atoms with Crippen molar-refractivity contribution >= 4 is 17.5 Å². The van der Waals surface area contributed by atoms with Gasteiger partial charge in [-0.2, -0.15) is 5.01 Å². The van der Waals surface area contributed by atoms with Crippen molar-refractivity contribution in [3.05, 3.63) is 60.2 Å². The second kappa shape index (κ2) is 6.74. The molecule has 124 valence electrons. The predicted molar refractivity (Wildman–Crippen MR) is 91.5 cm³/mol. The predicted octanol–water partition coefficient (Wildman–Crippen LogP) is 3.34. The van der Waals surface area contributed by atoms with Gasteiger partial charge in [-0.3, -0.25) is 15.0 Å². The third-order valence-electron chi connectivity index (χ3n) is 3.82. The summed E-state index contributed by atoms with van der Waals surface area (Å²) >= 11 is 0. The third kappa shape index (κ3) is 3.40. The SMILES string of the molecule is CC(C)Oc1ccc(C2CC(=O)N(Nc3ccccc3)C2=O)cc1. The summed E-state index contributed by atoms with van der Waals surface area (Å²) in [6.45, 7) is 3.92. The number of carbonyl (C=O) groups excluding carboxylic acids is 2. The van der Waals surface area contributed by atoms with Gasteiger partial charge in [0.2, 0.25) is 5.91 Å². The van der Waals surface area contributed by atoms with Crippen LogP contribution in [0.1, 0.15) is 31.7 Å². The summed E-state index contributed by atoms with van der Waals surface area (Å²) in [7, 11) is 0. The van der Waals surface area contributed by atoms with E-state index in [4.69, 9.17) is 4.74 Å². The van der Waals surface area contributed by atoms with Crippen LogP contribution in [0, 0.1) is 0 Å². The monoisotopic (exact) mass is 324 g/mol. The van der Waals surface area contributed by atoms with E-state index in [1.807, 2.05) is 68.4 Å². The number of carbonyl (C=O) groups is 2. The van der Waals surface area contributed by atoms with Crippen LogP contribution in [0.3, 0.4) is 0 Å². The van der Waals surface area contributed by atoms with Crippen molar-refractivity contribution in [1.82, 2.24) is 5.01 Å². The number of hydrogen-bond donors (Lipinski definition) is 1. The van der Waals surface area contributed by atoms with E-state index in [2.05, 4.69) is 5.43 Å². The average Bonchev–Trinajstić information content (AvgIpc) is 2.84. The van der Waals surface area contributed by atoms with E-state index >= 15 is 0 Å². The molecular formula is C19H20N2O3. The van der Waals surface area contributed by atoms with Gasteiger partial charge in [0.05, 0.1) is 17.7 Å². The zero-order valence-corrected chi connectivity index (χ0v) is 13.7. The maximum atomic E-state index is 12.6. The highest BCUT2D eigenvalue weighted by atomic mass is 16.5. The van der Waals surface area contributed by atoms with Crippen molar-refractivity contribution in [2.24, 2.45) is 0 Å². The van der Waals surface area contributed by atoms with E-state index < -0.39 is 5.92 Å². The number of anilines is 1. The molecule has 0 spiro atoms. The molecule has 0 bridgehead atoms. The van der Waals surface area contributed by atoms with Gasteiger partial charge < -0.3 is 4.74 Å². The van der Waals surface area contributed by atoms with E-state index in [1.165, 1.54) is 0 Å². The van der Waals surface area contributed by atoms with Crippen molar-refractivity contribution < 1.29 is 14.3 Å². The van der Waals surface area contributed by atoms with Gasteiger partial charge in [0, 0.05) is 6.42 Å². The normalized spacial score (nSPS) is 17.5. The number of nitrogens with one attached hydrogen (secondary N) is 1. The summed E-state index contributed by atoms with van der Waals surface area (Å²) in [5.74, 6) is -0.163. The van der Waals surface area contributed by atoms with E-state index in [0.29, 0.717) is 5.69 Å². The van der Waals surface area contributed by atoms with E-state index in [9.17, 15) is 9.59 Å². The van der Waals surface area contributed by atoms with Crippen molar-refractivity contribution in [2.75, 3.05) is 5.43 Å². The van der Waals surface area contributed by atoms with E-state index in [1.54, 1.807) is 0 Å². The maximum Gasteiger partial charge on any atom is 0.256 e. The summed E-state index contributed by atoms with van der Waals surface area (Å²) in [6.07, 6.45) is 0.263. The minimum atomic E-state index is -0.457. The lowest BCUT2D eigenvalue weighted by Gasteiger charge is -2.17. The number of rotatable bonds is 5. The van der Waals surface area contributed by atoms with Crippen LogP contribution in [0.2, 0.25) is 0 Å². The fraction of sp³-hybridized carbons (Fsp3) is 0.263. The number of nitrogens with zero attached hydrogens (tertiary/aromatic N) is 1. The molecule has 1 aliphatic rings. The van der Waals surface area contributed by atoms with Crippen LogP contribution < -0.4 is 10.2 Å². The fourth-order valence-corrected chi connectivity index (χ4v) is 2.70. The van der Waals surface area contributed by atoms with Crippen molar-refractivity contribution in [1.29, 1.82) is 0 Å². The van der Waals surface area contributed by atoms with Crippen LogP contribution in [0.15, 0.2) is 54.6 Å². The molecule has 2 amide bonds. The minimum Gasteiger partial charge on any atom is -0.491 e. The summed E-state index contributed by atoms with van der Waals surface area (Å²) in [5.41, 5.74) is 4.42. The number of para-hydroxylation sites is 1. The Hall–Kier alpha value is -2.82. The summed E-state index contributed by atoms with van der Waals surface area (Å²) in [4.78, 5) is 24.8. The quantitative estimate of drug-likeness (QED) is 0.857. The van der Waals surface area contributed by atoms with E-state index in [-0.39, 0.29) is 24.3 Å². The van der Waals surface area contributed by atoms with E-state index in [0.717, 1.165) is 16.3 Å². The Bertz CT molecular complexity index is 726. The van der Waals surface area contributed by atoms with Gasteiger partial charge in [0.15, 0.2) is 0 Å². The molecule has 3 rings (SSSR count). The zero-order valence-electron chi connectivity index (χ0n) is 13.7. The molecular weight excluding hydrogens is 304 g/mol. The molecule has 0 aromatic heterocycles. The zero-order chi connectivity index (χ0) is 17.1. The fourth-order valence-electron chi connectivity index (χ4n) is 2.70. The molecule has 2 aromatic rings. The Labute approximate surface area is 141 Å². The van der Waals surface area contributed by atoms with Gasteiger partial charge in [-0.15, -0.1) is 0 Å². The van der Waals surface area contributed by atoms with Crippen LogP contribution in [0.4, 0.5) is 5.69 Å². The van der Waals surface area contributed by atoms with Gasteiger partial charge in [-0.25, -0.2) is 0 Å². The molecule has 1 N–H and O–H groups in total. The number of hydrogen-bond acceptors (Lipinski definition) is 4. The molecule has 1 aliphatic heterocycles. The summed E-state index contributed by atoms with van der Waals surface area (Å²) < 4.78 is 5.61. The average molecular weight is 324 g/mol. The van der Waals surface area contributed by atoms with Crippen LogP contribution in [0.5, 0.6) is 5.75 Å². The number of imide groups is 1. The molecule has 1 fully saturated rings. The van der Waals surface area contributed by atoms with Crippen molar-refractivity contribution in [3.63, 3.8) is 0 Å². The molecule has 0 radical (unpaired) electrons. The number of ether oxygens (including phenoxy) is 1. The lowest BCUT2D eigenvalue weighted by molar-refractivity contribution is -0.137. The molecule has 1 atom stereocenters. The number of benzene rings is 2. The first kappa shape index (κ1) is 16.1. The summed E-state index contributed by atoms with van der Waals surface area (Å²) in [6, 6.07) is 16.6. The highest BCUT2D eigenvalue weighted by Gasteiger charge is 2.39. The Morgan fingerprint density at radius 3 is 2.33 bits per heavy atom. The van der Waals surface area contributed by atoms with Crippen LogP contribution >= 0.6 is 0 Å². The molecule has 24 heavy (non-hydrogen) atoms. The number of amides is 2. The van der Waals surface area contributed by atoms with Crippen molar-refractivity contribution in [3.8, 4) is 5.75 Å². The molecule has 5 nitrogen and oxygen atoms in total. The second-order valence-corrected chi connectivity index (χ2v) is 6.04.